The molecule has 32 heavy (non-hydrogen) atoms. The largest absolute Gasteiger partial charge is 0.369 e. The first-order chi connectivity index (χ1) is 14.2. The van der Waals surface area contributed by atoms with Gasteiger partial charge in [-0.15, -0.1) is 35.0 Å². The Hall–Kier alpha value is -3.83. The van der Waals surface area contributed by atoms with Gasteiger partial charge in [0.15, 0.2) is 0 Å². The van der Waals surface area contributed by atoms with Crippen molar-refractivity contribution in [3.05, 3.63) is 59.7 Å². The first kappa shape index (κ1) is 28.2. The van der Waals surface area contributed by atoms with Gasteiger partial charge in [0.25, 0.3) is 0 Å². The summed E-state index contributed by atoms with van der Waals surface area (Å²) in [6.45, 7) is 3.55. The maximum atomic E-state index is 12.2. The summed E-state index contributed by atoms with van der Waals surface area (Å²) in [6.07, 6.45) is 0. The molecule has 172 valence electrons. The summed E-state index contributed by atoms with van der Waals surface area (Å²) < 4.78 is 0. The molecule has 11 nitrogen and oxygen atoms in total. The van der Waals surface area contributed by atoms with E-state index in [-0.39, 0.29) is 42.8 Å². The highest BCUT2D eigenvalue weighted by Gasteiger charge is 2.05. The van der Waals surface area contributed by atoms with Crippen molar-refractivity contribution in [1.29, 1.82) is 0 Å². The molecule has 0 saturated carbocycles. The van der Waals surface area contributed by atoms with Crippen molar-refractivity contribution in [3.63, 3.8) is 0 Å². The number of urea groups is 1. The van der Waals surface area contributed by atoms with Gasteiger partial charge < -0.3 is 33.6 Å². The molecule has 0 unspecified atom stereocenters. The normalized spacial score (nSPS) is 10.7. The highest BCUT2D eigenvalue weighted by molar-refractivity contribution is 6.02. The number of rotatable bonds is 6. The number of carbonyl (C=O) groups is 1. The minimum absolute atomic E-state index is 0. The van der Waals surface area contributed by atoms with Crippen LogP contribution in [0.3, 0.4) is 0 Å². The van der Waals surface area contributed by atoms with Crippen LogP contribution in [0, 0.1) is 0 Å². The fourth-order valence-corrected chi connectivity index (χ4v) is 2.26. The zero-order valence-corrected chi connectivity index (χ0v) is 19.1. The van der Waals surface area contributed by atoms with E-state index < -0.39 is 0 Å². The third kappa shape index (κ3) is 9.32. The summed E-state index contributed by atoms with van der Waals surface area (Å²) in [4.78, 5) is 12.2. The fourth-order valence-electron chi connectivity index (χ4n) is 2.26. The number of benzene rings is 2. The summed E-state index contributed by atoms with van der Waals surface area (Å²) in [5.74, 6) is -0.234. The van der Waals surface area contributed by atoms with E-state index in [1.54, 1.807) is 62.4 Å². The smallest absolute Gasteiger partial charge is 0.323 e. The predicted molar refractivity (Wildman–Crippen MR) is 136 cm³/mol. The zero-order valence-electron chi connectivity index (χ0n) is 17.4. The summed E-state index contributed by atoms with van der Waals surface area (Å²) >= 11 is 0. The predicted octanol–water partition coefficient (Wildman–Crippen LogP) is 2.17. The van der Waals surface area contributed by atoms with Crippen molar-refractivity contribution in [2.45, 2.75) is 13.8 Å². The lowest BCUT2D eigenvalue weighted by Gasteiger charge is -2.09. The van der Waals surface area contributed by atoms with Crippen LogP contribution in [0.5, 0.6) is 0 Å². The second kappa shape index (κ2) is 13.5. The molecule has 2 aromatic carbocycles. The van der Waals surface area contributed by atoms with Crippen LogP contribution in [0.1, 0.15) is 25.0 Å². The van der Waals surface area contributed by atoms with E-state index in [9.17, 15) is 4.79 Å². The van der Waals surface area contributed by atoms with E-state index in [4.69, 9.17) is 22.9 Å². The first-order valence-corrected chi connectivity index (χ1v) is 8.80. The summed E-state index contributed by atoms with van der Waals surface area (Å²) in [5, 5.41) is 20.5. The molecule has 0 spiro atoms. The quantitative estimate of drug-likeness (QED) is 0.209. The van der Waals surface area contributed by atoms with Gasteiger partial charge >= 0.3 is 6.03 Å². The number of halogens is 2. The minimum atomic E-state index is -0.382. The number of carbonyl (C=O) groups excluding carboxylic acids is 1. The molecule has 0 aliphatic carbocycles. The maximum Gasteiger partial charge on any atom is 0.323 e. The number of hydrogen-bond donors (Lipinski definition) is 6. The van der Waals surface area contributed by atoms with Gasteiger partial charge in [0, 0.05) is 11.4 Å². The topological polar surface area (TPSA) is 195 Å². The Morgan fingerprint density at radius 3 is 1.22 bits per heavy atom. The molecular formula is C19H26Cl2N10O. The molecule has 0 aliphatic rings. The molecule has 0 heterocycles. The van der Waals surface area contributed by atoms with Crippen molar-refractivity contribution < 1.29 is 4.79 Å². The summed E-state index contributed by atoms with van der Waals surface area (Å²) in [7, 11) is 0. The third-order valence-corrected chi connectivity index (χ3v) is 3.75. The average Bonchev–Trinajstić information content (AvgIpc) is 2.71. The molecule has 10 N–H and O–H groups in total. The van der Waals surface area contributed by atoms with Gasteiger partial charge in [0.2, 0.25) is 11.9 Å². The third-order valence-electron chi connectivity index (χ3n) is 3.75. The van der Waals surface area contributed by atoms with Gasteiger partial charge in [-0.3, -0.25) is 0 Å². The minimum Gasteiger partial charge on any atom is -0.369 e. The van der Waals surface area contributed by atoms with Crippen LogP contribution < -0.4 is 33.6 Å². The van der Waals surface area contributed by atoms with Gasteiger partial charge in [0.1, 0.15) is 0 Å². The van der Waals surface area contributed by atoms with Crippen molar-refractivity contribution in [2.24, 2.45) is 43.3 Å². The van der Waals surface area contributed by atoms with Gasteiger partial charge in [-0.1, -0.05) is 24.3 Å². The standard InChI is InChI=1S/C19H24N10O.2ClH/c1-11(26-28-17(20)21)13-3-7-15(8-4-13)24-19(30)25-16-9-5-14(6-10-16)12(2)27-29-18(22)23;;/h3-10H,1-2H3,(H4,20,21,28)(H4,22,23,29)(H2,24,25,30);2*1H. The lowest BCUT2D eigenvalue weighted by atomic mass is 10.1. The van der Waals surface area contributed by atoms with Crippen LogP contribution >= 0.6 is 24.8 Å². The summed E-state index contributed by atoms with van der Waals surface area (Å²) in [5.41, 5.74) is 25.2. The van der Waals surface area contributed by atoms with Crippen LogP contribution in [0.4, 0.5) is 16.2 Å². The Morgan fingerprint density at radius 2 is 0.938 bits per heavy atom. The van der Waals surface area contributed by atoms with Crippen LogP contribution in [0.25, 0.3) is 0 Å². The highest BCUT2D eigenvalue weighted by atomic mass is 35.5. The molecule has 0 fully saturated rings. The molecule has 0 saturated heterocycles. The van der Waals surface area contributed by atoms with Gasteiger partial charge in [-0.2, -0.15) is 10.2 Å². The average molecular weight is 481 g/mol. The van der Waals surface area contributed by atoms with E-state index >= 15 is 0 Å². The maximum absolute atomic E-state index is 12.2. The van der Waals surface area contributed by atoms with Crippen LogP contribution in [-0.4, -0.2) is 29.4 Å². The number of guanidine groups is 2. The Kier molecular flexibility index (Phi) is 11.9. The van der Waals surface area contributed by atoms with Gasteiger partial charge in [-0.05, 0) is 49.2 Å². The first-order valence-electron chi connectivity index (χ1n) is 8.80. The van der Waals surface area contributed by atoms with Gasteiger partial charge in [-0.25, -0.2) is 4.79 Å². The van der Waals surface area contributed by atoms with Crippen LogP contribution in [-0.2, 0) is 0 Å². The molecule has 0 aromatic heterocycles. The van der Waals surface area contributed by atoms with E-state index in [2.05, 4.69) is 31.0 Å². The van der Waals surface area contributed by atoms with Crippen LogP contribution in [0.15, 0.2) is 68.9 Å². The monoisotopic (exact) mass is 480 g/mol. The van der Waals surface area contributed by atoms with Crippen molar-refractivity contribution in [1.82, 2.24) is 0 Å². The second-order valence-electron chi connectivity index (χ2n) is 6.15. The van der Waals surface area contributed by atoms with Crippen molar-refractivity contribution in [3.8, 4) is 0 Å². The van der Waals surface area contributed by atoms with E-state index in [1.165, 1.54) is 0 Å². The Balaban J connectivity index is 0.00000480. The van der Waals surface area contributed by atoms with E-state index in [0.29, 0.717) is 22.8 Å². The molecule has 2 amide bonds. The van der Waals surface area contributed by atoms with E-state index in [1.807, 2.05) is 0 Å². The SMILES string of the molecule is CC(=NN=C(N)N)c1ccc(NC(=O)Nc2ccc(C(C)=NN=C(N)N)cc2)cc1.Cl.Cl. The molecular weight excluding hydrogens is 455 g/mol. The summed E-state index contributed by atoms with van der Waals surface area (Å²) in [6, 6.07) is 13.8. The van der Waals surface area contributed by atoms with Gasteiger partial charge in [0.05, 0.1) is 11.4 Å². The van der Waals surface area contributed by atoms with Crippen molar-refractivity contribution in [2.75, 3.05) is 10.6 Å². The number of nitrogens with zero attached hydrogens (tertiary/aromatic N) is 4. The Bertz CT molecular complexity index is 926. The van der Waals surface area contributed by atoms with Crippen LogP contribution in [0.2, 0.25) is 0 Å². The molecule has 0 atom stereocenters. The number of nitrogens with two attached hydrogens (primary N) is 4. The van der Waals surface area contributed by atoms with Crippen molar-refractivity contribution >= 4 is 65.6 Å². The molecule has 0 radical (unpaired) electrons. The highest BCUT2D eigenvalue weighted by Crippen LogP contribution is 2.14. The lowest BCUT2D eigenvalue weighted by Crippen LogP contribution is -2.22. The molecule has 0 bridgehead atoms. The number of nitrogens with one attached hydrogen (secondary N) is 2. The number of amides is 2. The lowest BCUT2D eigenvalue weighted by molar-refractivity contribution is 0.262. The Labute approximate surface area is 197 Å². The number of hydrogen-bond acceptors (Lipinski definition) is 5. The molecule has 0 aliphatic heterocycles. The second-order valence-corrected chi connectivity index (χ2v) is 6.15. The number of anilines is 2. The molecule has 13 heteroatoms. The molecule has 2 rings (SSSR count). The van der Waals surface area contributed by atoms with E-state index in [0.717, 1.165) is 11.1 Å². The fraction of sp³-hybridized carbons (Fsp3) is 0.105. The zero-order chi connectivity index (χ0) is 22.1. The molecule has 2 aromatic rings. The Morgan fingerprint density at radius 1 is 0.625 bits per heavy atom.